The SMILES string of the molecule is O=C1C(=Cc2ccccn2)C(=O)N(C(=O)c2ccccc2)CC1c1ccccc1. The summed E-state index contributed by atoms with van der Waals surface area (Å²) in [6.45, 7) is 0.00889. The highest BCUT2D eigenvalue weighted by atomic mass is 16.2. The second-order valence-corrected chi connectivity index (χ2v) is 6.73. The maximum absolute atomic E-state index is 13.2. The Hall–Kier alpha value is -3.86. The van der Waals surface area contributed by atoms with Crippen molar-refractivity contribution in [3.8, 4) is 0 Å². The molecule has 2 amide bonds. The van der Waals surface area contributed by atoms with E-state index in [0.29, 0.717) is 11.3 Å². The minimum atomic E-state index is -0.614. The Bertz CT molecular complexity index is 1080. The number of aromatic nitrogens is 1. The second-order valence-electron chi connectivity index (χ2n) is 6.73. The summed E-state index contributed by atoms with van der Waals surface area (Å²) >= 11 is 0. The first-order valence-electron chi connectivity index (χ1n) is 9.28. The van der Waals surface area contributed by atoms with Gasteiger partial charge in [-0.2, -0.15) is 0 Å². The number of piperidine rings is 1. The second kappa shape index (κ2) is 8.02. The Morgan fingerprint density at radius 1 is 0.897 bits per heavy atom. The zero-order valence-electron chi connectivity index (χ0n) is 15.6. The van der Waals surface area contributed by atoms with E-state index in [0.717, 1.165) is 10.5 Å². The standard InChI is InChI=1S/C24H18N2O3/c27-22-20(15-19-13-7-8-14-25-19)24(29)26(23(28)18-11-5-2-6-12-18)16-21(22)17-9-3-1-4-10-17/h1-15,21H,16H2. The van der Waals surface area contributed by atoms with Gasteiger partial charge in [0.1, 0.15) is 0 Å². The molecule has 0 radical (unpaired) electrons. The van der Waals surface area contributed by atoms with Crippen LogP contribution in [0.25, 0.3) is 6.08 Å². The molecule has 5 nitrogen and oxygen atoms in total. The molecule has 3 aromatic rings. The van der Waals surface area contributed by atoms with Crippen molar-refractivity contribution in [1.29, 1.82) is 0 Å². The number of pyridine rings is 1. The van der Waals surface area contributed by atoms with E-state index in [9.17, 15) is 14.4 Å². The molecule has 1 unspecified atom stereocenters. The molecule has 1 aliphatic heterocycles. The molecule has 5 heteroatoms. The molecule has 2 heterocycles. The van der Waals surface area contributed by atoms with Crippen LogP contribution < -0.4 is 0 Å². The van der Waals surface area contributed by atoms with Crippen LogP contribution in [-0.4, -0.2) is 34.0 Å². The molecule has 29 heavy (non-hydrogen) atoms. The maximum atomic E-state index is 13.2. The van der Waals surface area contributed by atoms with Crippen LogP contribution in [0.4, 0.5) is 0 Å². The van der Waals surface area contributed by atoms with E-state index < -0.39 is 17.7 Å². The van der Waals surface area contributed by atoms with E-state index in [1.54, 1.807) is 54.7 Å². The number of hydrogen-bond donors (Lipinski definition) is 0. The molecule has 1 aromatic heterocycles. The molecule has 2 aromatic carbocycles. The van der Waals surface area contributed by atoms with Gasteiger partial charge in [0.25, 0.3) is 11.8 Å². The average Bonchev–Trinajstić information content (AvgIpc) is 2.78. The number of amides is 2. The van der Waals surface area contributed by atoms with Gasteiger partial charge in [-0.15, -0.1) is 0 Å². The Kier molecular flexibility index (Phi) is 5.12. The van der Waals surface area contributed by atoms with E-state index >= 15 is 0 Å². The van der Waals surface area contributed by atoms with Crippen LogP contribution in [0.15, 0.2) is 90.6 Å². The van der Waals surface area contributed by atoms with Crippen molar-refractivity contribution in [2.24, 2.45) is 0 Å². The highest BCUT2D eigenvalue weighted by molar-refractivity contribution is 6.29. The largest absolute Gasteiger partial charge is 0.293 e. The molecule has 4 rings (SSSR count). The quantitative estimate of drug-likeness (QED) is 0.395. The first kappa shape index (κ1) is 18.5. The lowest BCUT2D eigenvalue weighted by Gasteiger charge is -2.32. The minimum Gasteiger partial charge on any atom is -0.293 e. The molecular formula is C24H18N2O3. The van der Waals surface area contributed by atoms with Gasteiger partial charge in [-0.3, -0.25) is 24.3 Å². The predicted octanol–water partition coefficient (Wildman–Crippen LogP) is 3.50. The highest BCUT2D eigenvalue weighted by Gasteiger charge is 2.40. The fraction of sp³-hybridized carbons (Fsp3) is 0.0833. The Balaban J connectivity index is 1.78. The fourth-order valence-corrected chi connectivity index (χ4v) is 3.38. The van der Waals surface area contributed by atoms with Crippen LogP contribution in [-0.2, 0) is 9.59 Å². The van der Waals surface area contributed by atoms with Gasteiger partial charge >= 0.3 is 0 Å². The number of imide groups is 1. The molecule has 1 saturated heterocycles. The molecular weight excluding hydrogens is 364 g/mol. The van der Waals surface area contributed by atoms with Crippen molar-refractivity contribution >= 4 is 23.7 Å². The van der Waals surface area contributed by atoms with Crippen LogP contribution in [0.3, 0.4) is 0 Å². The number of likely N-dealkylation sites (tertiary alicyclic amines) is 1. The van der Waals surface area contributed by atoms with Crippen LogP contribution in [0.2, 0.25) is 0 Å². The number of Topliss-reactive ketones (excluding diaryl/α,β-unsaturated/α-hetero) is 1. The van der Waals surface area contributed by atoms with Crippen molar-refractivity contribution in [2.75, 3.05) is 6.54 Å². The summed E-state index contributed by atoms with van der Waals surface area (Å²) in [6, 6.07) is 23.1. The van der Waals surface area contributed by atoms with Gasteiger partial charge in [-0.05, 0) is 35.9 Å². The third kappa shape index (κ3) is 3.75. The number of hydrogen-bond acceptors (Lipinski definition) is 4. The summed E-state index contributed by atoms with van der Waals surface area (Å²) in [5, 5.41) is 0. The van der Waals surface area contributed by atoms with Crippen molar-refractivity contribution in [3.63, 3.8) is 0 Å². The van der Waals surface area contributed by atoms with Gasteiger partial charge in [0.2, 0.25) is 0 Å². The monoisotopic (exact) mass is 382 g/mol. The molecule has 0 aliphatic carbocycles. The normalized spacial score (nSPS) is 18.1. The van der Waals surface area contributed by atoms with Crippen LogP contribution in [0.5, 0.6) is 0 Å². The molecule has 0 N–H and O–H groups in total. The molecule has 1 fully saturated rings. The number of rotatable bonds is 3. The Morgan fingerprint density at radius 2 is 1.55 bits per heavy atom. The van der Waals surface area contributed by atoms with Gasteiger partial charge in [-0.1, -0.05) is 54.6 Å². The van der Waals surface area contributed by atoms with Gasteiger partial charge in [0, 0.05) is 18.3 Å². The average molecular weight is 382 g/mol. The number of carbonyl (C=O) groups is 3. The third-order valence-corrected chi connectivity index (χ3v) is 4.87. The lowest BCUT2D eigenvalue weighted by Crippen LogP contribution is -2.48. The van der Waals surface area contributed by atoms with E-state index in [4.69, 9.17) is 0 Å². The van der Waals surface area contributed by atoms with E-state index in [1.807, 2.05) is 30.3 Å². The Labute approximate surface area is 168 Å². The summed E-state index contributed by atoms with van der Waals surface area (Å²) in [5.74, 6) is -1.93. The van der Waals surface area contributed by atoms with E-state index in [-0.39, 0.29) is 17.9 Å². The highest BCUT2D eigenvalue weighted by Crippen LogP contribution is 2.29. The van der Waals surface area contributed by atoms with Crippen molar-refractivity contribution in [3.05, 3.63) is 107 Å². The van der Waals surface area contributed by atoms with Crippen molar-refractivity contribution in [1.82, 2.24) is 9.88 Å². The van der Waals surface area contributed by atoms with Crippen LogP contribution in [0.1, 0.15) is 27.5 Å². The first-order chi connectivity index (χ1) is 14.1. The summed E-state index contributed by atoms with van der Waals surface area (Å²) in [7, 11) is 0. The Morgan fingerprint density at radius 3 is 2.21 bits per heavy atom. The number of ketones is 1. The molecule has 0 saturated carbocycles. The molecule has 1 aliphatic rings. The third-order valence-electron chi connectivity index (χ3n) is 4.87. The smallest absolute Gasteiger partial charge is 0.264 e. The molecule has 142 valence electrons. The number of benzene rings is 2. The van der Waals surface area contributed by atoms with Gasteiger partial charge in [0.05, 0.1) is 17.2 Å². The predicted molar refractivity (Wildman–Crippen MR) is 109 cm³/mol. The van der Waals surface area contributed by atoms with Crippen molar-refractivity contribution in [2.45, 2.75) is 5.92 Å². The topological polar surface area (TPSA) is 67.3 Å². The lowest BCUT2D eigenvalue weighted by atomic mass is 9.85. The summed E-state index contributed by atoms with van der Waals surface area (Å²) in [6.07, 6.45) is 3.05. The summed E-state index contributed by atoms with van der Waals surface area (Å²) in [4.78, 5) is 44.7. The zero-order valence-corrected chi connectivity index (χ0v) is 15.6. The van der Waals surface area contributed by atoms with Crippen molar-refractivity contribution < 1.29 is 14.4 Å². The number of nitrogens with zero attached hydrogens (tertiary/aromatic N) is 2. The fourth-order valence-electron chi connectivity index (χ4n) is 3.38. The molecule has 1 atom stereocenters. The lowest BCUT2D eigenvalue weighted by molar-refractivity contribution is -0.131. The summed E-state index contributed by atoms with van der Waals surface area (Å²) in [5.41, 5.74) is 1.63. The molecule has 0 spiro atoms. The van der Waals surface area contributed by atoms with Gasteiger partial charge < -0.3 is 0 Å². The van der Waals surface area contributed by atoms with E-state index in [1.165, 1.54) is 6.08 Å². The van der Waals surface area contributed by atoms with Gasteiger partial charge in [0.15, 0.2) is 5.78 Å². The van der Waals surface area contributed by atoms with Gasteiger partial charge in [-0.25, -0.2) is 0 Å². The maximum Gasteiger partial charge on any atom is 0.264 e. The summed E-state index contributed by atoms with van der Waals surface area (Å²) < 4.78 is 0. The zero-order chi connectivity index (χ0) is 20.2. The van der Waals surface area contributed by atoms with Crippen LogP contribution >= 0.6 is 0 Å². The first-order valence-corrected chi connectivity index (χ1v) is 9.28. The molecule has 0 bridgehead atoms. The minimum absolute atomic E-state index is 0.00889. The van der Waals surface area contributed by atoms with Crippen LogP contribution in [0, 0.1) is 0 Å². The van der Waals surface area contributed by atoms with E-state index in [2.05, 4.69) is 4.98 Å². The number of carbonyl (C=O) groups excluding carboxylic acids is 3.